The van der Waals surface area contributed by atoms with Crippen molar-refractivity contribution < 1.29 is 22.4 Å². The van der Waals surface area contributed by atoms with Gasteiger partial charge in [0.2, 0.25) is 15.9 Å². The highest BCUT2D eigenvalue weighted by Gasteiger charge is 2.18. The van der Waals surface area contributed by atoms with Crippen molar-refractivity contribution in [3.63, 3.8) is 0 Å². The van der Waals surface area contributed by atoms with Gasteiger partial charge in [0.05, 0.1) is 17.7 Å². The van der Waals surface area contributed by atoms with Crippen LogP contribution in [-0.2, 0) is 21.4 Å². The van der Waals surface area contributed by atoms with Gasteiger partial charge in [0.1, 0.15) is 11.8 Å². The Bertz CT molecular complexity index is 861. The molecule has 0 bridgehead atoms. The van der Waals surface area contributed by atoms with Crippen LogP contribution in [0, 0.1) is 0 Å². The smallest absolute Gasteiger partial charge is 0.251 e. The normalized spacial score (nSPS) is 12.4. The van der Waals surface area contributed by atoms with Gasteiger partial charge >= 0.3 is 0 Å². The van der Waals surface area contributed by atoms with E-state index >= 15 is 0 Å². The Kier molecular flexibility index (Phi) is 7.14. The van der Waals surface area contributed by atoms with Gasteiger partial charge in [-0.3, -0.25) is 9.59 Å². The second kappa shape index (κ2) is 9.33. The van der Waals surface area contributed by atoms with Crippen LogP contribution < -0.4 is 15.4 Å². The van der Waals surface area contributed by atoms with Crippen molar-refractivity contribution in [2.45, 2.75) is 37.8 Å². The fraction of sp³-hybridized carbons (Fsp3) is 0.333. The molecule has 9 heteroatoms. The average Bonchev–Trinajstić information content (AvgIpc) is 3.18. The second-order valence-corrected chi connectivity index (χ2v) is 7.68. The fourth-order valence-corrected chi connectivity index (χ4v) is 3.19. The van der Waals surface area contributed by atoms with Gasteiger partial charge in [0, 0.05) is 12.1 Å². The van der Waals surface area contributed by atoms with Crippen molar-refractivity contribution in [2.75, 3.05) is 6.54 Å². The number of benzene rings is 1. The minimum Gasteiger partial charge on any atom is -0.468 e. The van der Waals surface area contributed by atoms with Crippen molar-refractivity contribution in [2.24, 2.45) is 0 Å². The molecule has 2 rings (SSSR count). The summed E-state index contributed by atoms with van der Waals surface area (Å²) in [7, 11) is -3.73. The summed E-state index contributed by atoms with van der Waals surface area (Å²) in [6.07, 6.45) is 2.26. The third kappa shape index (κ3) is 5.93. The molecule has 0 radical (unpaired) electrons. The monoisotopic (exact) mass is 393 g/mol. The molecule has 0 aliphatic heterocycles. The number of carbonyl (C=O) groups excluding carboxylic acids is 2. The second-order valence-electron chi connectivity index (χ2n) is 5.91. The molecule has 0 saturated heterocycles. The molecule has 1 heterocycles. The largest absolute Gasteiger partial charge is 0.468 e. The SMILES string of the molecule is CCCNC(=O)[C@@H](C)NC(=O)c1ccc(S(=O)(=O)NCc2ccco2)cc1. The van der Waals surface area contributed by atoms with Crippen LogP contribution in [0.4, 0.5) is 0 Å². The maximum atomic E-state index is 12.3. The van der Waals surface area contributed by atoms with Crippen molar-refractivity contribution in [1.29, 1.82) is 0 Å². The Morgan fingerprint density at radius 1 is 1.15 bits per heavy atom. The van der Waals surface area contributed by atoms with Crippen molar-refractivity contribution in [1.82, 2.24) is 15.4 Å². The number of hydrogen-bond acceptors (Lipinski definition) is 5. The topological polar surface area (TPSA) is 118 Å². The molecule has 0 spiro atoms. The molecule has 1 aromatic heterocycles. The predicted octanol–water partition coefficient (Wildman–Crippen LogP) is 1.40. The first-order chi connectivity index (χ1) is 12.8. The van der Waals surface area contributed by atoms with E-state index in [0.29, 0.717) is 12.3 Å². The number of hydrogen-bond donors (Lipinski definition) is 3. The van der Waals surface area contributed by atoms with E-state index in [1.165, 1.54) is 30.5 Å². The van der Waals surface area contributed by atoms with E-state index in [0.717, 1.165) is 6.42 Å². The first-order valence-electron chi connectivity index (χ1n) is 8.54. The Hall–Kier alpha value is -2.65. The van der Waals surface area contributed by atoms with Crippen LogP contribution in [0.25, 0.3) is 0 Å². The standard InChI is InChI=1S/C18H23N3O5S/c1-3-10-19-17(22)13(2)21-18(23)14-6-8-16(9-7-14)27(24,25)20-12-15-5-4-11-26-15/h4-9,11,13,20H,3,10,12H2,1-2H3,(H,19,22)(H,21,23)/t13-/m1/s1. The van der Waals surface area contributed by atoms with Gasteiger partial charge < -0.3 is 15.1 Å². The molecule has 27 heavy (non-hydrogen) atoms. The average molecular weight is 393 g/mol. The van der Waals surface area contributed by atoms with E-state index < -0.39 is 22.0 Å². The van der Waals surface area contributed by atoms with E-state index in [1.54, 1.807) is 19.1 Å². The lowest BCUT2D eigenvalue weighted by atomic mass is 10.2. The van der Waals surface area contributed by atoms with Crippen molar-refractivity contribution in [3.8, 4) is 0 Å². The first kappa shape index (κ1) is 20.7. The van der Waals surface area contributed by atoms with Crippen LogP contribution in [0.15, 0.2) is 52.0 Å². The molecule has 0 fully saturated rings. The summed E-state index contributed by atoms with van der Waals surface area (Å²) in [5.41, 5.74) is 0.259. The quantitative estimate of drug-likeness (QED) is 0.595. The summed E-state index contributed by atoms with van der Waals surface area (Å²) in [5.74, 6) is -0.238. The number of carbonyl (C=O) groups is 2. The molecule has 1 atom stereocenters. The van der Waals surface area contributed by atoms with Crippen LogP contribution in [0.5, 0.6) is 0 Å². The van der Waals surface area contributed by atoms with Crippen molar-refractivity contribution >= 4 is 21.8 Å². The van der Waals surface area contributed by atoms with E-state index in [4.69, 9.17) is 4.42 Å². The van der Waals surface area contributed by atoms with Crippen LogP contribution in [-0.4, -0.2) is 32.8 Å². The van der Waals surface area contributed by atoms with Gasteiger partial charge in [-0.05, 0) is 49.7 Å². The van der Waals surface area contributed by atoms with Crippen LogP contribution in [0.3, 0.4) is 0 Å². The Labute approximate surface area is 158 Å². The predicted molar refractivity (Wildman–Crippen MR) is 99.4 cm³/mol. The summed E-state index contributed by atoms with van der Waals surface area (Å²) >= 11 is 0. The van der Waals surface area contributed by atoms with Crippen molar-refractivity contribution in [3.05, 3.63) is 54.0 Å². The number of furan rings is 1. The molecular formula is C18H23N3O5S. The zero-order chi connectivity index (χ0) is 19.9. The third-order valence-electron chi connectivity index (χ3n) is 3.73. The van der Waals surface area contributed by atoms with Crippen LogP contribution in [0.2, 0.25) is 0 Å². The van der Waals surface area contributed by atoms with E-state index in [1.807, 2.05) is 6.92 Å². The first-order valence-corrected chi connectivity index (χ1v) is 10.0. The molecule has 0 aliphatic rings. The van der Waals surface area contributed by atoms with Crippen LogP contribution in [0.1, 0.15) is 36.4 Å². The molecule has 0 saturated carbocycles. The lowest BCUT2D eigenvalue weighted by Gasteiger charge is -2.14. The minimum absolute atomic E-state index is 0.0272. The van der Waals surface area contributed by atoms with Gasteiger partial charge in [0.25, 0.3) is 5.91 Å². The molecule has 3 N–H and O–H groups in total. The fourth-order valence-electron chi connectivity index (χ4n) is 2.19. The van der Waals surface area contributed by atoms with Gasteiger partial charge in [-0.1, -0.05) is 6.92 Å². The highest BCUT2D eigenvalue weighted by Crippen LogP contribution is 2.12. The Morgan fingerprint density at radius 2 is 1.85 bits per heavy atom. The maximum absolute atomic E-state index is 12.3. The van der Waals surface area contributed by atoms with Gasteiger partial charge in [-0.15, -0.1) is 0 Å². The summed E-state index contributed by atoms with van der Waals surface area (Å²) < 4.78 is 32.0. The minimum atomic E-state index is -3.73. The van der Waals surface area contributed by atoms with E-state index in [-0.39, 0.29) is 22.9 Å². The van der Waals surface area contributed by atoms with E-state index in [2.05, 4.69) is 15.4 Å². The number of amides is 2. The molecule has 2 aromatic rings. The number of rotatable bonds is 9. The lowest BCUT2D eigenvalue weighted by molar-refractivity contribution is -0.122. The van der Waals surface area contributed by atoms with Gasteiger partial charge in [0.15, 0.2) is 0 Å². The summed E-state index contributed by atoms with van der Waals surface area (Å²) in [6, 6.07) is 8.10. The summed E-state index contributed by atoms with van der Waals surface area (Å²) in [6.45, 7) is 4.08. The zero-order valence-corrected chi connectivity index (χ0v) is 16.0. The van der Waals surface area contributed by atoms with Gasteiger partial charge in [-0.25, -0.2) is 13.1 Å². The maximum Gasteiger partial charge on any atom is 0.251 e. The number of nitrogens with one attached hydrogen (secondary N) is 3. The molecule has 0 aliphatic carbocycles. The van der Waals surface area contributed by atoms with Gasteiger partial charge in [-0.2, -0.15) is 0 Å². The molecule has 2 amide bonds. The summed E-state index contributed by atoms with van der Waals surface area (Å²) in [5, 5.41) is 5.27. The lowest BCUT2D eigenvalue weighted by Crippen LogP contribution is -2.45. The Morgan fingerprint density at radius 3 is 2.44 bits per heavy atom. The highest BCUT2D eigenvalue weighted by atomic mass is 32.2. The molecule has 146 valence electrons. The zero-order valence-electron chi connectivity index (χ0n) is 15.2. The Balaban J connectivity index is 1.97. The van der Waals surface area contributed by atoms with Crippen LogP contribution >= 0.6 is 0 Å². The molecule has 0 unspecified atom stereocenters. The summed E-state index contributed by atoms with van der Waals surface area (Å²) in [4.78, 5) is 24.0. The molecule has 1 aromatic carbocycles. The highest BCUT2D eigenvalue weighted by molar-refractivity contribution is 7.89. The molecule has 8 nitrogen and oxygen atoms in total. The number of sulfonamides is 1. The molecular weight excluding hydrogens is 370 g/mol. The van der Waals surface area contributed by atoms with E-state index in [9.17, 15) is 18.0 Å². The third-order valence-corrected chi connectivity index (χ3v) is 5.15.